The molecule has 0 bridgehead atoms. The van der Waals surface area contributed by atoms with Crippen LogP contribution < -0.4 is 0 Å². The summed E-state index contributed by atoms with van der Waals surface area (Å²) in [6.45, 7) is 5.96. The summed E-state index contributed by atoms with van der Waals surface area (Å²) in [7, 11) is 0. The number of likely N-dealkylation sites (tertiary alicyclic amines) is 1. The minimum absolute atomic E-state index is 0.0315. The van der Waals surface area contributed by atoms with E-state index >= 15 is 0 Å². The highest BCUT2D eigenvalue weighted by atomic mass is 16.5. The second kappa shape index (κ2) is 6.37. The van der Waals surface area contributed by atoms with Gasteiger partial charge >= 0.3 is 5.97 Å². The first-order valence-electron chi connectivity index (χ1n) is 7.18. The standard InChI is InChI=1S/C14H23NO4/c1-3-18-14(17)11-5-4-6-15(8-11)13(16)12-7-10(2)19-9-12/h10-12H,3-9H2,1-2H3/t10?,11-,12?/m0/s1. The molecular formula is C14H23NO4. The van der Waals surface area contributed by atoms with Gasteiger partial charge in [0.25, 0.3) is 0 Å². The molecular weight excluding hydrogens is 246 g/mol. The zero-order valence-electron chi connectivity index (χ0n) is 11.8. The highest BCUT2D eigenvalue weighted by molar-refractivity contribution is 5.80. The molecule has 2 rings (SSSR count). The Morgan fingerprint density at radius 3 is 2.79 bits per heavy atom. The molecule has 0 radical (unpaired) electrons. The van der Waals surface area contributed by atoms with Gasteiger partial charge in [-0.2, -0.15) is 0 Å². The van der Waals surface area contributed by atoms with Crippen molar-refractivity contribution in [1.29, 1.82) is 0 Å². The van der Waals surface area contributed by atoms with E-state index in [9.17, 15) is 9.59 Å². The van der Waals surface area contributed by atoms with Gasteiger partial charge in [0.1, 0.15) is 0 Å². The third kappa shape index (κ3) is 3.47. The van der Waals surface area contributed by atoms with Crippen LogP contribution in [0.5, 0.6) is 0 Å². The van der Waals surface area contributed by atoms with E-state index in [2.05, 4.69) is 0 Å². The number of carbonyl (C=O) groups excluding carboxylic acids is 2. The lowest BCUT2D eigenvalue weighted by Gasteiger charge is -2.33. The molecule has 5 nitrogen and oxygen atoms in total. The average molecular weight is 269 g/mol. The van der Waals surface area contributed by atoms with E-state index in [-0.39, 0.29) is 29.8 Å². The van der Waals surface area contributed by atoms with Crippen LogP contribution >= 0.6 is 0 Å². The van der Waals surface area contributed by atoms with Crippen LogP contribution in [0.15, 0.2) is 0 Å². The molecule has 2 saturated heterocycles. The van der Waals surface area contributed by atoms with Gasteiger partial charge in [-0.15, -0.1) is 0 Å². The number of ether oxygens (including phenoxy) is 2. The van der Waals surface area contributed by atoms with Gasteiger partial charge in [-0.3, -0.25) is 9.59 Å². The Labute approximate surface area is 114 Å². The van der Waals surface area contributed by atoms with Crippen LogP contribution in [0, 0.1) is 11.8 Å². The predicted octanol–water partition coefficient (Wildman–Crippen LogP) is 1.21. The van der Waals surface area contributed by atoms with E-state index in [1.54, 1.807) is 6.92 Å². The Balaban J connectivity index is 1.89. The van der Waals surface area contributed by atoms with E-state index in [4.69, 9.17) is 9.47 Å². The molecule has 0 saturated carbocycles. The van der Waals surface area contributed by atoms with E-state index in [0.29, 0.717) is 19.8 Å². The molecule has 108 valence electrons. The number of hydrogen-bond acceptors (Lipinski definition) is 4. The summed E-state index contributed by atoms with van der Waals surface area (Å²) >= 11 is 0. The fourth-order valence-corrected chi connectivity index (χ4v) is 2.88. The summed E-state index contributed by atoms with van der Waals surface area (Å²) in [4.78, 5) is 25.9. The lowest BCUT2D eigenvalue weighted by Crippen LogP contribution is -2.45. The van der Waals surface area contributed by atoms with Crippen molar-refractivity contribution in [3.05, 3.63) is 0 Å². The Hall–Kier alpha value is -1.10. The SMILES string of the molecule is CCOC(=O)[C@H]1CCCN(C(=O)C2COC(C)C2)C1. The van der Waals surface area contributed by atoms with Gasteiger partial charge in [0.05, 0.1) is 31.2 Å². The van der Waals surface area contributed by atoms with Crippen molar-refractivity contribution in [1.82, 2.24) is 4.90 Å². The Morgan fingerprint density at radius 2 is 2.16 bits per heavy atom. The van der Waals surface area contributed by atoms with Gasteiger partial charge < -0.3 is 14.4 Å². The summed E-state index contributed by atoms with van der Waals surface area (Å²) < 4.78 is 10.5. The first kappa shape index (κ1) is 14.3. The topological polar surface area (TPSA) is 55.8 Å². The first-order chi connectivity index (χ1) is 9.11. The molecule has 2 fully saturated rings. The molecule has 0 aromatic carbocycles. The van der Waals surface area contributed by atoms with Gasteiger partial charge in [-0.1, -0.05) is 0 Å². The van der Waals surface area contributed by atoms with Crippen LogP contribution in [-0.4, -0.2) is 49.2 Å². The molecule has 2 aliphatic rings. The van der Waals surface area contributed by atoms with Crippen molar-refractivity contribution < 1.29 is 19.1 Å². The smallest absolute Gasteiger partial charge is 0.310 e. The summed E-state index contributed by atoms with van der Waals surface area (Å²) in [6, 6.07) is 0. The molecule has 3 atom stereocenters. The quantitative estimate of drug-likeness (QED) is 0.723. The number of amides is 1. The van der Waals surface area contributed by atoms with E-state index in [1.807, 2.05) is 11.8 Å². The highest BCUT2D eigenvalue weighted by Crippen LogP contribution is 2.25. The van der Waals surface area contributed by atoms with Crippen LogP contribution in [0.1, 0.15) is 33.1 Å². The van der Waals surface area contributed by atoms with Crippen molar-refractivity contribution >= 4 is 11.9 Å². The van der Waals surface area contributed by atoms with E-state index in [1.165, 1.54) is 0 Å². The number of hydrogen-bond donors (Lipinski definition) is 0. The van der Waals surface area contributed by atoms with Gasteiger partial charge in [-0.25, -0.2) is 0 Å². The molecule has 0 spiro atoms. The van der Waals surface area contributed by atoms with Crippen LogP contribution in [0.4, 0.5) is 0 Å². The second-order valence-electron chi connectivity index (χ2n) is 5.45. The third-order valence-corrected chi connectivity index (χ3v) is 3.90. The zero-order chi connectivity index (χ0) is 13.8. The minimum Gasteiger partial charge on any atom is -0.466 e. The van der Waals surface area contributed by atoms with Crippen LogP contribution in [-0.2, 0) is 19.1 Å². The van der Waals surface area contributed by atoms with Crippen LogP contribution in [0.3, 0.4) is 0 Å². The van der Waals surface area contributed by atoms with Gasteiger partial charge in [0.15, 0.2) is 0 Å². The number of rotatable bonds is 3. The van der Waals surface area contributed by atoms with E-state index < -0.39 is 0 Å². The lowest BCUT2D eigenvalue weighted by molar-refractivity contribution is -0.151. The maximum Gasteiger partial charge on any atom is 0.310 e. The monoisotopic (exact) mass is 269 g/mol. The molecule has 0 aromatic rings. The highest BCUT2D eigenvalue weighted by Gasteiger charge is 2.35. The summed E-state index contributed by atoms with van der Waals surface area (Å²) in [5.74, 6) is -0.220. The van der Waals surface area contributed by atoms with Gasteiger partial charge in [-0.05, 0) is 33.1 Å². The van der Waals surface area contributed by atoms with Crippen LogP contribution in [0.25, 0.3) is 0 Å². The van der Waals surface area contributed by atoms with Crippen molar-refractivity contribution in [2.45, 2.75) is 39.2 Å². The van der Waals surface area contributed by atoms with Gasteiger partial charge in [0.2, 0.25) is 5.91 Å². The molecule has 1 amide bonds. The van der Waals surface area contributed by atoms with Crippen molar-refractivity contribution in [3.8, 4) is 0 Å². The second-order valence-corrected chi connectivity index (χ2v) is 5.45. The largest absolute Gasteiger partial charge is 0.466 e. The van der Waals surface area contributed by atoms with Crippen molar-refractivity contribution in [3.63, 3.8) is 0 Å². The first-order valence-corrected chi connectivity index (χ1v) is 7.18. The summed E-state index contributed by atoms with van der Waals surface area (Å²) in [5, 5.41) is 0. The number of nitrogens with zero attached hydrogens (tertiary/aromatic N) is 1. The Bertz CT molecular complexity index is 344. The maximum atomic E-state index is 12.4. The fraction of sp³-hybridized carbons (Fsp3) is 0.857. The Kier molecular flexibility index (Phi) is 4.80. The number of esters is 1. The van der Waals surface area contributed by atoms with E-state index in [0.717, 1.165) is 25.8 Å². The van der Waals surface area contributed by atoms with Gasteiger partial charge in [0, 0.05) is 13.1 Å². The summed E-state index contributed by atoms with van der Waals surface area (Å²) in [5.41, 5.74) is 0. The number of carbonyl (C=O) groups is 2. The maximum absolute atomic E-state index is 12.4. The van der Waals surface area contributed by atoms with Crippen molar-refractivity contribution in [2.24, 2.45) is 11.8 Å². The molecule has 19 heavy (non-hydrogen) atoms. The average Bonchev–Trinajstić information content (AvgIpc) is 2.85. The zero-order valence-corrected chi connectivity index (χ0v) is 11.8. The molecule has 2 heterocycles. The summed E-state index contributed by atoms with van der Waals surface area (Å²) in [6.07, 6.45) is 2.65. The molecule has 0 aliphatic carbocycles. The molecule has 0 aromatic heterocycles. The van der Waals surface area contributed by atoms with Crippen molar-refractivity contribution in [2.75, 3.05) is 26.3 Å². The molecule has 0 N–H and O–H groups in total. The van der Waals surface area contributed by atoms with Crippen LogP contribution in [0.2, 0.25) is 0 Å². The minimum atomic E-state index is -0.170. The number of piperidine rings is 1. The fourth-order valence-electron chi connectivity index (χ4n) is 2.88. The molecule has 2 aliphatic heterocycles. The lowest BCUT2D eigenvalue weighted by atomic mass is 9.96. The Morgan fingerprint density at radius 1 is 1.37 bits per heavy atom. The normalized spacial score (nSPS) is 31.3. The predicted molar refractivity (Wildman–Crippen MR) is 69.5 cm³/mol. The molecule has 5 heteroatoms. The molecule has 2 unspecified atom stereocenters. The third-order valence-electron chi connectivity index (χ3n) is 3.90.